The molecule has 1 aromatic carbocycles. The highest BCUT2D eigenvalue weighted by Gasteiger charge is 2.27. The van der Waals surface area contributed by atoms with Crippen molar-refractivity contribution in [1.29, 1.82) is 0 Å². The van der Waals surface area contributed by atoms with Crippen molar-refractivity contribution in [2.45, 2.75) is 37.3 Å². The summed E-state index contributed by atoms with van der Waals surface area (Å²) in [4.78, 5) is 12.0. The molecular formula is C13H14ClF2NO2. The normalized spacial score (nSPS) is 22.5. The first-order valence-corrected chi connectivity index (χ1v) is 6.49. The Bertz CT molecular complexity index is 456. The first-order chi connectivity index (χ1) is 9.06. The van der Waals surface area contributed by atoms with E-state index in [-0.39, 0.29) is 28.6 Å². The summed E-state index contributed by atoms with van der Waals surface area (Å²) in [6.45, 7) is -2.90. The highest BCUT2D eigenvalue weighted by molar-refractivity contribution is 6.21. The van der Waals surface area contributed by atoms with Crippen LogP contribution >= 0.6 is 11.6 Å². The summed E-state index contributed by atoms with van der Waals surface area (Å²) in [6.07, 6.45) is 2.70. The second kappa shape index (κ2) is 6.19. The van der Waals surface area contributed by atoms with Crippen LogP contribution in [-0.4, -0.2) is 23.9 Å². The zero-order valence-electron chi connectivity index (χ0n) is 10.1. The van der Waals surface area contributed by atoms with Crippen LogP contribution in [0.15, 0.2) is 24.3 Å². The summed E-state index contributed by atoms with van der Waals surface area (Å²) in [5, 5.41) is 2.75. The Balaban J connectivity index is 2.02. The molecule has 3 nitrogen and oxygen atoms in total. The number of amides is 1. The van der Waals surface area contributed by atoms with Crippen molar-refractivity contribution in [3.8, 4) is 5.75 Å². The van der Waals surface area contributed by atoms with Gasteiger partial charge in [0.05, 0.1) is 5.38 Å². The lowest BCUT2D eigenvalue weighted by Gasteiger charge is -2.16. The number of carbonyl (C=O) groups is 1. The number of benzene rings is 1. The molecule has 0 heterocycles. The quantitative estimate of drug-likeness (QED) is 0.865. The van der Waals surface area contributed by atoms with E-state index in [9.17, 15) is 13.6 Å². The molecule has 1 N–H and O–H groups in total. The number of nitrogens with one attached hydrogen (secondary N) is 1. The minimum absolute atomic E-state index is 0.0310. The number of hydrogen-bond donors (Lipinski definition) is 1. The predicted octanol–water partition coefficient (Wildman–Crippen LogP) is 3.18. The Morgan fingerprint density at radius 2 is 2.21 bits per heavy atom. The zero-order chi connectivity index (χ0) is 13.8. The molecule has 104 valence electrons. The number of carbonyl (C=O) groups excluding carboxylic acids is 1. The van der Waals surface area contributed by atoms with E-state index >= 15 is 0 Å². The van der Waals surface area contributed by atoms with Crippen molar-refractivity contribution >= 4 is 17.5 Å². The lowest BCUT2D eigenvalue weighted by atomic mass is 10.1. The molecule has 2 rings (SSSR count). The van der Waals surface area contributed by atoms with Gasteiger partial charge in [-0.2, -0.15) is 8.78 Å². The molecule has 1 fully saturated rings. The number of hydrogen-bond acceptors (Lipinski definition) is 2. The molecule has 6 heteroatoms. The molecule has 2 unspecified atom stereocenters. The minimum Gasteiger partial charge on any atom is -0.435 e. The molecular weight excluding hydrogens is 276 g/mol. The summed E-state index contributed by atoms with van der Waals surface area (Å²) in [5.74, 6) is -0.353. The topological polar surface area (TPSA) is 38.3 Å². The first kappa shape index (κ1) is 14.1. The molecule has 19 heavy (non-hydrogen) atoms. The van der Waals surface area contributed by atoms with E-state index in [4.69, 9.17) is 11.6 Å². The number of ether oxygens (including phenoxy) is 1. The maximum atomic E-state index is 12.1. The van der Waals surface area contributed by atoms with E-state index in [0.29, 0.717) is 0 Å². The summed E-state index contributed by atoms with van der Waals surface area (Å²) in [5.41, 5.74) is 0.286. The van der Waals surface area contributed by atoms with E-state index in [1.165, 1.54) is 18.2 Å². The average molecular weight is 290 g/mol. The molecule has 1 aliphatic rings. The van der Waals surface area contributed by atoms with Crippen LogP contribution in [0.25, 0.3) is 0 Å². The molecule has 0 spiro atoms. The fourth-order valence-corrected chi connectivity index (χ4v) is 2.49. The minimum atomic E-state index is -2.90. The molecule has 1 saturated carbocycles. The lowest BCUT2D eigenvalue weighted by Crippen LogP contribution is -2.37. The summed E-state index contributed by atoms with van der Waals surface area (Å²) >= 11 is 6.07. The Morgan fingerprint density at radius 1 is 1.42 bits per heavy atom. The third-order valence-electron chi connectivity index (χ3n) is 3.07. The van der Waals surface area contributed by atoms with Gasteiger partial charge < -0.3 is 10.1 Å². The second-order valence-corrected chi connectivity index (χ2v) is 4.99. The monoisotopic (exact) mass is 289 g/mol. The standard InChI is InChI=1S/C13H14ClF2NO2/c14-10-5-2-6-11(10)17-12(18)8-3-1-4-9(7-8)19-13(15)16/h1,3-4,7,10-11,13H,2,5-6H2,(H,17,18). The van der Waals surface area contributed by atoms with Crippen LogP contribution in [0.4, 0.5) is 8.78 Å². The van der Waals surface area contributed by atoms with Gasteiger partial charge in [0.15, 0.2) is 0 Å². The van der Waals surface area contributed by atoms with Crippen LogP contribution in [0, 0.1) is 0 Å². The largest absolute Gasteiger partial charge is 0.435 e. The SMILES string of the molecule is O=C(NC1CCCC1Cl)c1cccc(OC(F)F)c1. The molecule has 1 aliphatic carbocycles. The third-order valence-corrected chi connectivity index (χ3v) is 3.59. The molecule has 0 aliphatic heterocycles. The van der Waals surface area contributed by atoms with Crippen LogP contribution in [0.2, 0.25) is 0 Å². The van der Waals surface area contributed by atoms with Gasteiger partial charge >= 0.3 is 6.61 Å². The number of halogens is 3. The predicted molar refractivity (Wildman–Crippen MR) is 67.8 cm³/mol. The van der Waals surface area contributed by atoms with E-state index < -0.39 is 6.61 Å². The molecule has 2 atom stereocenters. The van der Waals surface area contributed by atoms with Crippen LogP contribution in [0.1, 0.15) is 29.6 Å². The first-order valence-electron chi connectivity index (χ1n) is 6.06. The van der Waals surface area contributed by atoms with Gasteiger partial charge in [0, 0.05) is 11.6 Å². The van der Waals surface area contributed by atoms with Crippen LogP contribution in [0.3, 0.4) is 0 Å². The van der Waals surface area contributed by atoms with Gasteiger partial charge in [-0.25, -0.2) is 0 Å². The molecule has 0 radical (unpaired) electrons. The van der Waals surface area contributed by atoms with Gasteiger partial charge in [-0.1, -0.05) is 6.07 Å². The van der Waals surface area contributed by atoms with Crippen LogP contribution < -0.4 is 10.1 Å². The van der Waals surface area contributed by atoms with Crippen LogP contribution in [0.5, 0.6) is 5.75 Å². The Hall–Kier alpha value is -1.36. The molecule has 1 aromatic rings. The number of rotatable bonds is 4. The van der Waals surface area contributed by atoms with E-state index in [1.807, 2.05) is 0 Å². The smallest absolute Gasteiger partial charge is 0.387 e. The van der Waals surface area contributed by atoms with Crippen LogP contribution in [-0.2, 0) is 0 Å². The Morgan fingerprint density at radius 3 is 2.84 bits per heavy atom. The van der Waals surface area contributed by atoms with Gasteiger partial charge in [-0.15, -0.1) is 11.6 Å². The van der Waals surface area contributed by atoms with E-state index in [1.54, 1.807) is 6.07 Å². The van der Waals surface area contributed by atoms with Crippen molar-refractivity contribution in [3.05, 3.63) is 29.8 Å². The van der Waals surface area contributed by atoms with E-state index in [2.05, 4.69) is 10.1 Å². The third kappa shape index (κ3) is 3.80. The summed E-state index contributed by atoms with van der Waals surface area (Å²) in [6, 6.07) is 5.65. The fourth-order valence-electron chi connectivity index (χ4n) is 2.14. The van der Waals surface area contributed by atoms with Crippen molar-refractivity contribution in [1.82, 2.24) is 5.32 Å². The van der Waals surface area contributed by atoms with Gasteiger partial charge in [-0.3, -0.25) is 4.79 Å². The number of alkyl halides is 3. The Kier molecular flexibility index (Phi) is 4.58. The van der Waals surface area contributed by atoms with Gasteiger partial charge in [0.25, 0.3) is 5.91 Å². The maximum Gasteiger partial charge on any atom is 0.387 e. The van der Waals surface area contributed by atoms with Gasteiger partial charge in [-0.05, 0) is 37.5 Å². The van der Waals surface area contributed by atoms with Crippen molar-refractivity contribution in [2.75, 3.05) is 0 Å². The molecule has 0 bridgehead atoms. The lowest BCUT2D eigenvalue weighted by molar-refractivity contribution is -0.0498. The Labute approximate surface area is 114 Å². The summed E-state index contributed by atoms with van der Waals surface area (Å²) in [7, 11) is 0. The van der Waals surface area contributed by atoms with Gasteiger partial charge in [0.2, 0.25) is 0 Å². The average Bonchev–Trinajstić information content (AvgIpc) is 2.74. The van der Waals surface area contributed by atoms with Crippen molar-refractivity contribution < 1.29 is 18.3 Å². The molecule has 1 amide bonds. The van der Waals surface area contributed by atoms with Crippen molar-refractivity contribution in [2.24, 2.45) is 0 Å². The highest BCUT2D eigenvalue weighted by Crippen LogP contribution is 2.24. The second-order valence-electron chi connectivity index (χ2n) is 4.43. The summed E-state index contributed by atoms with van der Waals surface area (Å²) < 4.78 is 28.4. The zero-order valence-corrected chi connectivity index (χ0v) is 10.9. The van der Waals surface area contributed by atoms with Gasteiger partial charge in [0.1, 0.15) is 5.75 Å². The molecule has 0 aromatic heterocycles. The molecule has 0 saturated heterocycles. The van der Waals surface area contributed by atoms with Crippen molar-refractivity contribution in [3.63, 3.8) is 0 Å². The fraction of sp³-hybridized carbons (Fsp3) is 0.462. The maximum absolute atomic E-state index is 12.1. The van der Waals surface area contributed by atoms with E-state index in [0.717, 1.165) is 19.3 Å². The highest BCUT2D eigenvalue weighted by atomic mass is 35.5.